The van der Waals surface area contributed by atoms with Gasteiger partial charge in [0.1, 0.15) is 9.98 Å². The predicted octanol–water partition coefficient (Wildman–Crippen LogP) is 4.11. The molecule has 0 unspecified atom stereocenters. The zero-order valence-corrected chi connectivity index (χ0v) is 13.0. The molecule has 0 atom stereocenters. The monoisotopic (exact) mass is 318 g/mol. The average molecular weight is 319 g/mol. The van der Waals surface area contributed by atoms with E-state index < -0.39 is 0 Å². The molecule has 0 aliphatic rings. The maximum absolute atomic E-state index is 11.4. The summed E-state index contributed by atoms with van der Waals surface area (Å²) in [5, 5.41) is 3.36. The van der Waals surface area contributed by atoms with Crippen LogP contribution in [-0.4, -0.2) is 23.0 Å². The lowest BCUT2D eigenvalue weighted by Crippen LogP contribution is -2.00. The van der Waals surface area contributed by atoms with Gasteiger partial charge < -0.3 is 4.74 Å². The van der Waals surface area contributed by atoms with Crippen molar-refractivity contribution < 1.29 is 9.53 Å². The number of hydrogen-bond acceptors (Lipinski definition) is 5. The number of aromatic nitrogens is 2. The molecular weight excluding hydrogens is 308 g/mol. The molecule has 0 spiro atoms. The van der Waals surface area contributed by atoms with E-state index in [0.717, 1.165) is 21.3 Å². The second kappa shape index (κ2) is 5.42. The lowest BCUT2D eigenvalue weighted by molar-refractivity contribution is 0.0601. The van der Waals surface area contributed by atoms with Gasteiger partial charge in [-0.3, -0.25) is 0 Å². The smallest absolute Gasteiger partial charge is 0.337 e. The molecule has 2 aromatic heterocycles. The summed E-state index contributed by atoms with van der Waals surface area (Å²) < 4.78 is 4.67. The number of nitrogens with zero attached hydrogens (tertiary/aromatic N) is 2. The number of hydrogen-bond donors (Lipinski definition) is 0. The van der Waals surface area contributed by atoms with Crippen LogP contribution >= 0.6 is 22.9 Å². The van der Waals surface area contributed by atoms with Crippen LogP contribution in [0.4, 0.5) is 0 Å². The molecular formula is C15H11ClN2O2S. The summed E-state index contributed by atoms with van der Waals surface area (Å²) in [6, 6.07) is 6.93. The molecule has 0 bridgehead atoms. The second-order valence-electron chi connectivity index (χ2n) is 4.51. The fourth-order valence-corrected chi connectivity index (χ4v) is 3.33. The molecule has 0 saturated heterocycles. The molecule has 0 aliphatic carbocycles. The van der Waals surface area contributed by atoms with E-state index in [1.165, 1.54) is 18.4 Å². The minimum atomic E-state index is -0.371. The van der Waals surface area contributed by atoms with Crippen LogP contribution in [0.2, 0.25) is 5.15 Å². The fourth-order valence-electron chi connectivity index (χ4n) is 2.04. The lowest BCUT2D eigenvalue weighted by Gasteiger charge is -2.04. The van der Waals surface area contributed by atoms with Crippen LogP contribution in [-0.2, 0) is 4.74 Å². The highest BCUT2D eigenvalue weighted by Gasteiger charge is 2.12. The standard InChI is InChI=1S/C15H11ClN2O2S/c1-8-7-21-14-11(8)12(16)17-13(18-14)9-3-5-10(6-4-9)15(19)20-2/h3-7H,1-2H3. The number of fused-ring (bicyclic) bond motifs is 1. The number of thiophene rings is 1. The van der Waals surface area contributed by atoms with Gasteiger partial charge in [-0.05, 0) is 30.0 Å². The molecule has 21 heavy (non-hydrogen) atoms. The first-order valence-electron chi connectivity index (χ1n) is 6.20. The van der Waals surface area contributed by atoms with Crippen molar-refractivity contribution in [1.29, 1.82) is 0 Å². The van der Waals surface area contributed by atoms with Gasteiger partial charge in [0.05, 0.1) is 18.1 Å². The maximum atomic E-state index is 11.4. The van der Waals surface area contributed by atoms with Gasteiger partial charge in [0.2, 0.25) is 0 Å². The molecule has 3 rings (SSSR count). The van der Waals surface area contributed by atoms with Crippen LogP contribution in [0.1, 0.15) is 15.9 Å². The maximum Gasteiger partial charge on any atom is 0.337 e. The highest BCUT2D eigenvalue weighted by Crippen LogP contribution is 2.31. The zero-order valence-electron chi connectivity index (χ0n) is 11.4. The third-order valence-electron chi connectivity index (χ3n) is 3.14. The molecule has 0 saturated carbocycles. The number of ether oxygens (including phenoxy) is 1. The first kappa shape index (κ1) is 14.0. The summed E-state index contributed by atoms with van der Waals surface area (Å²) in [7, 11) is 1.35. The number of aryl methyl sites for hydroxylation is 1. The van der Waals surface area contributed by atoms with Gasteiger partial charge in [-0.15, -0.1) is 11.3 Å². The van der Waals surface area contributed by atoms with Crippen molar-refractivity contribution in [2.45, 2.75) is 6.92 Å². The van der Waals surface area contributed by atoms with E-state index in [1.807, 2.05) is 12.3 Å². The molecule has 2 heterocycles. The molecule has 0 aliphatic heterocycles. The van der Waals surface area contributed by atoms with E-state index in [4.69, 9.17) is 11.6 Å². The van der Waals surface area contributed by atoms with Gasteiger partial charge in [0, 0.05) is 5.56 Å². The third kappa shape index (κ3) is 2.50. The fraction of sp³-hybridized carbons (Fsp3) is 0.133. The van der Waals surface area contributed by atoms with Crippen molar-refractivity contribution in [2.24, 2.45) is 0 Å². The number of benzene rings is 1. The van der Waals surface area contributed by atoms with E-state index in [9.17, 15) is 4.79 Å². The van der Waals surface area contributed by atoms with Crippen molar-refractivity contribution in [3.63, 3.8) is 0 Å². The minimum absolute atomic E-state index is 0.371. The number of carbonyl (C=O) groups excluding carboxylic acids is 1. The Bertz CT molecular complexity index is 828. The summed E-state index contributed by atoms with van der Waals surface area (Å²) in [6.45, 7) is 1.99. The van der Waals surface area contributed by atoms with Crippen molar-refractivity contribution in [1.82, 2.24) is 9.97 Å². The molecule has 0 fully saturated rings. The summed E-state index contributed by atoms with van der Waals surface area (Å²) in [6.07, 6.45) is 0. The molecule has 1 aromatic carbocycles. The van der Waals surface area contributed by atoms with Gasteiger partial charge in [-0.2, -0.15) is 0 Å². The Labute approximate surface area is 130 Å². The van der Waals surface area contributed by atoms with Crippen molar-refractivity contribution in [3.8, 4) is 11.4 Å². The second-order valence-corrected chi connectivity index (χ2v) is 5.72. The average Bonchev–Trinajstić information content (AvgIpc) is 2.88. The van der Waals surface area contributed by atoms with E-state index in [1.54, 1.807) is 24.3 Å². The predicted molar refractivity (Wildman–Crippen MR) is 83.9 cm³/mol. The van der Waals surface area contributed by atoms with Crippen LogP contribution in [0.5, 0.6) is 0 Å². The molecule has 6 heteroatoms. The highest BCUT2D eigenvalue weighted by atomic mass is 35.5. The number of methoxy groups -OCH3 is 1. The number of rotatable bonds is 2. The van der Waals surface area contributed by atoms with Crippen molar-refractivity contribution >= 4 is 39.1 Å². The minimum Gasteiger partial charge on any atom is -0.465 e. The Morgan fingerprint density at radius 2 is 1.95 bits per heavy atom. The molecule has 0 amide bonds. The van der Waals surface area contributed by atoms with Gasteiger partial charge in [0.15, 0.2) is 5.82 Å². The van der Waals surface area contributed by atoms with E-state index in [0.29, 0.717) is 16.5 Å². The van der Waals surface area contributed by atoms with Crippen LogP contribution < -0.4 is 0 Å². The van der Waals surface area contributed by atoms with Crippen molar-refractivity contribution in [3.05, 3.63) is 45.9 Å². The molecule has 0 radical (unpaired) electrons. The first-order valence-corrected chi connectivity index (χ1v) is 7.46. The SMILES string of the molecule is COC(=O)c1ccc(-c2nc(Cl)c3c(C)csc3n2)cc1. The van der Waals surface area contributed by atoms with Gasteiger partial charge >= 0.3 is 5.97 Å². The van der Waals surface area contributed by atoms with Gasteiger partial charge in [-0.1, -0.05) is 23.7 Å². The Hall–Kier alpha value is -1.98. The highest BCUT2D eigenvalue weighted by molar-refractivity contribution is 7.17. The largest absolute Gasteiger partial charge is 0.465 e. The van der Waals surface area contributed by atoms with Crippen LogP contribution in [0.15, 0.2) is 29.6 Å². The molecule has 0 N–H and O–H groups in total. The number of esters is 1. The first-order chi connectivity index (χ1) is 10.1. The van der Waals surface area contributed by atoms with Crippen LogP contribution in [0, 0.1) is 6.92 Å². The van der Waals surface area contributed by atoms with Crippen LogP contribution in [0.25, 0.3) is 21.6 Å². The molecule has 4 nitrogen and oxygen atoms in total. The summed E-state index contributed by atoms with van der Waals surface area (Å²) in [5.41, 5.74) is 2.37. The third-order valence-corrected chi connectivity index (χ3v) is 4.40. The Morgan fingerprint density at radius 1 is 1.24 bits per heavy atom. The van der Waals surface area contributed by atoms with E-state index >= 15 is 0 Å². The topological polar surface area (TPSA) is 52.1 Å². The van der Waals surface area contributed by atoms with E-state index in [-0.39, 0.29) is 5.97 Å². The van der Waals surface area contributed by atoms with Crippen molar-refractivity contribution in [2.75, 3.05) is 7.11 Å². The van der Waals surface area contributed by atoms with Crippen LogP contribution in [0.3, 0.4) is 0 Å². The summed E-state index contributed by atoms with van der Waals surface area (Å²) in [5.74, 6) is 0.176. The lowest BCUT2D eigenvalue weighted by atomic mass is 10.1. The molecule has 106 valence electrons. The molecule has 3 aromatic rings. The number of carbonyl (C=O) groups is 1. The zero-order chi connectivity index (χ0) is 15.0. The van der Waals surface area contributed by atoms with Gasteiger partial charge in [0.25, 0.3) is 0 Å². The normalized spacial score (nSPS) is 10.8. The Balaban J connectivity index is 2.06. The van der Waals surface area contributed by atoms with E-state index in [2.05, 4.69) is 14.7 Å². The summed E-state index contributed by atoms with van der Waals surface area (Å²) in [4.78, 5) is 21.2. The van der Waals surface area contributed by atoms with Gasteiger partial charge in [-0.25, -0.2) is 14.8 Å². The Kier molecular flexibility index (Phi) is 3.61. The Morgan fingerprint density at radius 3 is 2.62 bits per heavy atom. The quantitative estimate of drug-likeness (QED) is 0.527. The summed E-state index contributed by atoms with van der Waals surface area (Å²) >= 11 is 7.78. The number of halogens is 1.